The average molecular weight is 343 g/mol. The van der Waals surface area contributed by atoms with Crippen LogP contribution in [-0.4, -0.2) is 39.5 Å². The predicted molar refractivity (Wildman–Crippen MR) is 78.8 cm³/mol. The summed E-state index contributed by atoms with van der Waals surface area (Å²) >= 11 is 3.41. The van der Waals surface area contributed by atoms with Gasteiger partial charge in [0.05, 0.1) is 5.92 Å². The highest BCUT2D eigenvalue weighted by molar-refractivity contribution is 9.10. The van der Waals surface area contributed by atoms with Gasteiger partial charge in [-0.05, 0) is 41.8 Å². The van der Waals surface area contributed by atoms with E-state index in [9.17, 15) is 9.59 Å². The Kier molecular flexibility index (Phi) is 4.52. The van der Waals surface area contributed by atoms with Crippen molar-refractivity contribution >= 4 is 27.8 Å². The summed E-state index contributed by atoms with van der Waals surface area (Å²) in [5.41, 5.74) is 0.638. The molecule has 6 heteroatoms. The monoisotopic (exact) mass is 342 g/mol. The fourth-order valence-corrected chi connectivity index (χ4v) is 2.64. The van der Waals surface area contributed by atoms with Crippen LogP contribution < -0.4 is 0 Å². The normalized spacial score (nSPS) is 15.9. The van der Waals surface area contributed by atoms with Crippen LogP contribution in [0.15, 0.2) is 16.7 Å². The van der Waals surface area contributed by atoms with E-state index in [0.717, 1.165) is 17.3 Å². The number of amides is 1. The van der Waals surface area contributed by atoms with E-state index in [1.807, 2.05) is 23.8 Å². The molecule has 1 aliphatic rings. The number of carboxylic acids is 1. The van der Waals surface area contributed by atoms with Crippen molar-refractivity contribution in [2.45, 2.75) is 32.7 Å². The first-order chi connectivity index (χ1) is 9.43. The van der Waals surface area contributed by atoms with Gasteiger partial charge in [0.25, 0.3) is 5.91 Å². The molecule has 0 aromatic carbocycles. The van der Waals surface area contributed by atoms with Gasteiger partial charge < -0.3 is 14.6 Å². The molecule has 0 spiro atoms. The SMILES string of the molecule is CCN(CC(C)C(=O)O)C(=O)c1cc(Br)cn1C1CC1. The van der Waals surface area contributed by atoms with Gasteiger partial charge in [0, 0.05) is 29.8 Å². The molecule has 20 heavy (non-hydrogen) atoms. The minimum Gasteiger partial charge on any atom is -0.481 e. The zero-order chi connectivity index (χ0) is 14.9. The molecule has 1 amide bonds. The Bertz CT molecular complexity index is 522. The van der Waals surface area contributed by atoms with Gasteiger partial charge in [-0.2, -0.15) is 0 Å². The average Bonchev–Trinajstić information content (AvgIpc) is 3.17. The number of hydrogen-bond donors (Lipinski definition) is 1. The molecule has 0 saturated heterocycles. The zero-order valence-corrected chi connectivity index (χ0v) is 13.3. The standard InChI is InChI=1S/C14H19BrN2O3/c1-3-16(7-9(2)14(19)20)13(18)12-6-10(15)8-17(12)11-4-5-11/h6,8-9,11H,3-5,7H2,1-2H3,(H,19,20). The molecule has 5 nitrogen and oxygen atoms in total. The summed E-state index contributed by atoms with van der Waals surface area (Å²) in [7, 11) is 0. The molecule has 1 aromatic heterocycles. The Hall–Kier alpha value is -1.30. The number of halogens is 1. The first kappa shape index (κ1) is 15.1. The smallest absolute Gasteiger partial charge is 0.308 e. The number of carbonyl (C=O) groups excluding carboxylic acids is 1. The second-order valence-electron chi connectivity index (χ2n) is 5.27. The number of carbonyl (C=O) groups is 2. The van der Waals surface area contributed by atoms with Crippen molar-refractivity contribution < 1.29 is 14.7 Å². The predicted octanol–water partition coefficient (Wildman–Crippen LogP) is 2.77. The first-order valence-electron chi connectivity index (χ1n) is 6.83. The highest BCUT2D eigenvalue weighted by Gasteiger charge is 2.30. The molecule has 0 radical (unpaired) electrons. The van der Waals surface area contributed by atoms with Crippen LogP contribution in [-0.2, 0) is 4.79 Å². The number of hydrogen-bond acceptors (Lipinski definition) is 2. The number of carboxylic acid groups (broad SMARTS) is 1. The maximum absolute atomic E-state index is 12.6. The lowest BCUT2D eigenvalue weighted by Gasteiger charge is -2.23. The second-order valence-corrected chi connectivity index (χ2v) is 6.18. The van der Waals surface area contributed by atoms with Crippen LogP contribution in [0.2, 0.25) is 0 Å². The molecule has 1 fully saturated rings. The van der Waals surface area contributed by atoms with Gasteiger partial charge in [0.2, 0.25) is 0 Å². The minimum absolute atomic E-state index is 0.0989. The van der Waals surface area contributed by atoms with E-state index < -0.39 is 11.9 Å². The van der Waals surface area contributed by atoms with Crippen LogP contribution in [0.1, 0.15) is 43.2 Å². The van der Waals surface area contributed by atoms with E-state index in [1.54, 1.807) is 11.8 Å². The van der Waals surface area contributed by atoms with Crippen molar-refractivity contribution in [3.8, 4) is 0 Å². The van der Waals surface area contributed by atoms with Crippen molar-refractivity contribution in [3.63, 3.8) is 0 Å². The third-order valence-electron chi connectivity index (χ3n) is 3.56. The summed E-state index contributed by atoms with van der Waals surface area (Å²) in [5, 5.41) is 8.99. The Labute approximate surface area is 126 Å². The van der Waals surface area contributed by atoms with Crippen molar-refractivity contribution in [2.24, 2.45) is 5.92 Å². The Morgan fingerprint density at radius 2 is 2.20 bits per heavy atom. The molecule has 0 aliphatic heterocycles. The highest BCUT2D eigenvalue weighted by atomic mass is 79.9. The maximum Gasteiger partial charge on any atom is 0.308 e. The molecule has 1 unspecified atom stereocenters. The largest absolute Gasteiger partial charge is 0.481 e. The summed E-state index contributed by atoms with van der Waals surface area (Å²) in [6, 6.07) is 2.23. The molecule has 1 atom stereocenters. The minimum atomic E-state index is -0.880. The summed E-state index contributed by atoms with van der Waals surface area (Å²) in [4.78, 5) is 25.1. The quantitative estimate of drug-likeness (QED) is 0.864. The van der Waals surface area contributed by atoms with Crippen LogP contribution in [0.4, 0.5) is 0 Å². The van der Waals surface area contributed by atoms with Gasteiger partial charge in [-0.1, -0.05) is 6.92 Å². The van der Waals surface area contributed by atoms with E-state index in [-0.39, 0.29) is 12.5 Å². The fraction of sp³-hybridized carbons (Fsp3) is 0.571. The van der Waals surface area contributed by atoms with Crippen molar-refractivity contribution in [2.75, 3.05) is 13.1 Å². The highest BCUT2D eigenvalue weighted by Crippen LogP contribution is 2.37. The fourth-order valence-electron chi connectivity index (χ4n) is 2.20. The lowest BCUT2D eigenvalue weighted by Crippen LogP contribution is -2.37. The van der Waals surface area contributed by atoms with Crippen LogP contribution in [0.25, 0.3) is 0 Å². The Balaban J connectivity index is 2.17. The summed E-state index contributed by atoms with van der Waals surface area (Å²) < 4.78 is 2.88. The van der Waals surface area contributed by atoms with Crippen LogP contribution in [0.5, 0.6) is 0 Å². The van der Waals surface area contributed by atoms with Crippen molar-refractivity contribution in [1.82, 2.24) is 9.47 Å². The van der Waals surface area contributed by atoms with Crippen molar-refractivity contribution in [1.29, 1.82) is 0 Å². The third-order valence-corrected chi connectivity index (χ3v) is 3.99. The third kappa shape index (κ3) is 3.23. The number of nitrogens with zero attached hydrogens (tertiary/aromatic N) is 2. The number of aromatic nitrogens is 1. The summed E-state index contributed by atoms with van der Waals surface area (Å²) in [6.45, 7) is 4.22. The second kappa shape index (κ2) is 5.99. The van der Waals surface area contributed by atoms with E-state index in [1.165, 1.54) is 0 Å². The number of aliphatic carboxylic acids is 1. The topological polar surface area (TPSA) is 62.5 Å². The van der Waals surface area contributed by atoms with E-state index in [2.05, 4.69) is 15.9 Å². The molecule has 1 aliphatic carbocycles. The first-order valence-corrected chi connectivity index (χ1v) is 7.62. The van der Waals surface area contributed by atoms with Crippen LogP contribution in [0, 0.1) is 5.92 Å². The van der Waals surface area contributed by atoms with E-state index in [4.69, 9.17) is 5.11 Å². The molecule has 1 saturated carbocycles. The van der Waals surface area contributed by atoms with E-state index >= 15 is 0 Å². The lowest BCUT2D eigenvalue weighted by molar-refractivity contribution is -0.141. The molecule has 1 heterocycles. The summed E-state index contributed by atoms with van der Waals surface area (Å²) in [5.74, 6) is -1.54. The molecule has 1 N–H and O–H groups in total. The maximum atomic E-state index is 12.6. The van der Waals surface area contributed by atoms with E-state index in [0.29, 0.717) is 18.3 Å². The Morgan fingerprint density at radius 3 is 2.70 bits per heavy atom. The molecule has 1 aromatic rings. The molecule has 2 rings (SSSR count). The molecule has 0 bridgehead atoms. The molecular weight excluding hydrogens is 324 g/mol. The molecule has 110 valence electrons. The van der Waals surface area contributed by atoms with Gasteiger partial charge in [-0.15, -0.1) is 0 Å². The van der Waals surface area contributed by atoms with Gasteiger partial charge in [0.1, 0.15) is 5.69 Å². The molecular formula is C14H19BrN2O3. The van der Waals surface area contributed by atoms with Crippen molar-refractivity contribution in [3.05, 3.63) is 22.4 Å². The van der Waals surface area contributed by atoms with Gasteiger partial charge in [-0.3, -0.25) is 9.59 Å². The Morgan fingerprint density at radius 1 is 1.55 bits per heavy atom. The van der Waals surface area contributed by atoms with Gasteiger partial charge in [-0.25, -0.2) is 0 Å². The number of rotatable bonds is 6. The lowest BCUT2D eigenvalue weighted by atomic mass is 10.1. The van der Waals surface area contributed by atoms with Crippen LogP contribution >= 0.6 is 15.9 Å². The van der Waals surface area contributed by atoms with Gasteiger partial charge >= 0.3 is 5.97 Å². The summed E-state index contributed by atoms with van der Waals surface area (Å²) in [6.07, 6.45) is 4.12. The van der Waals surface area contributed by atoms with Crippen LogP contribution in [0.3, 0.4) is 0 Å². The zero-order valence-electron chi connectivity index (χ0n) is 11.7. The van der Waals surface area contributed by atoms with Gasteiger partial charge in [0.15, 0.2) is 0 Å².